The van der Waals surface area contributed by atoms with Gasteiger partial charge in [-0.2, -0.15) is 0 Å². The van der Waals surface area contributed by atoms with Crippen LogP contribution in [0.3, 0.4) is 0 Å². The molecule has 0 aromatic heterocycles. The molecule has 3 nitrogen and oxygen atoms in total. The average molecular weight is 354 g/mol. The average Bonchev–Trinajstić information content (AvgIpc) is 2.49. The van der Waals surface area contributed by atoms with E-state index >= 15 is 0 Å². The Balaban J connectivity index is 1.72. The lowest BCUT2D eigenvalue weighted by atomic mass is 10.2. The Kier molecular flexibility index (Phi) is 6.02. The maximum absolute atomic E-state index is 13.5. The van der Waals surface area contributed by atoms with Gasteiger partial charge in [-0.1, -0.05) is 28.1 Å². The molecule has 21 heavy (non-hydrogen) atoms. The van der Waals surface area contributed by atoms with E-state index in [1.165, 1.54) is 6.07 Å². The van der Waals surface area contributed by atoms with Gasteiger partial charge in [0.1, 0.15) is 5.75 Å². The summed E-state index contributed by atoms with van der Waals surface area (Å²) in [7, 11) is 0. The predicted molar refractivity (Wildman–Crippen MR) is 84.0 cm³/mol. The van der Waals surface area contributed by atoms with Crippen molar-refractivity contribution in [3.8, 4) is 11.5 Å². The van der Waals surface area contributed by atoms with E-state index in [-0.39, 0.29) is 11.6 Å². The summed E-state index contributed by atoms with van der Waals surface area (Å²) in [6.07, 6.45) is 0.669. The monoisotopic (exact) mass is 353 g/mol. The molecule has 0 bridgehead atoms. The molecule has 112 valence electrons. The van der Waals surface area contributed by atoms with Crippen molar-refractivity contribution >= 4 is 15.9 Å². The first-order valence-corrected chi connectivity index (χ1v) is 7.48. The highest BCUT2D eigenvalue weighted by Crippen LogP contribution is 2.21. The quantitative estimate of drug-likeness (QED) is 0.767. The minimum absolute atomic E-state index is 0.253. The number of ether oxygens (including phenoxy) is 2. The van der Waals surface area contributed by atoms with Gasteiger partial charge < -0.3 is 15.2 Å². The SMILES string of the molecule is NCc1cccc(OCCCOc2ccc(Br)cc2F)c1. The van der Waals surface area contributed by atoms with Crippen molar-refractivity contribution in [1.29, 1.82) is 0 Å². The summed E-state index contributed by atoms with van der Waals surface area (Å²) in [5, 5.41) is 0. The lowest BCUT2D eigenvalue weighted by molar-refractivity contribution is 0.241. The number of nitrogens with two attached hydrogens (primary N) is 1. The van der Waals surface area contributed by atoms with Crippen LogP contribution >= 0.6 is 15.9 Å². The van der Waals surface area contributed by atoms with E-state index in [0.717, 1.165) is 11.3 Å². The molecule has 0 heterocycles. The molecule has 0 unspecified atom stereocenters. The third kappa shape index (κ3) is 5.02. The first-order valence-electron chi connectivity index (χ1n) is 6.68. The van der Waals surface area contributed by atoms with Crippen LogP contribution in [-0.2, 0) is 6.54 Å². The Morgan fingerprint density at radius 3 is 2.62 bits per heavy atom. The summed E-state index contributed by atoms with van der Waals surface area (Å²) in [5.74, 6) is 0.664. The molecule has 2 aromatic carbocycles. The van der Waals surface area contributed by atoms with Gasteiger partial charge in [0.2, 0.25) is 0 Å². The normalized spacial score (nSPS) is 10.4. The first-order chi connectivity index (χ1) is 10.2. The number of benzene rings is 2. The third-order valence-corrected chi connectivity index (χ3v) is 3.34. The molecule has 0 amide bonds. The van der Waals surface area contributed by atoms with Gasteiger partial charge in [0.25, 0.3) is 0 Å². The molecular formula is C16H17BrFNO2. The highest BCUT2D eigenvalue weighted by Gasteiger charge is 2.03. The maximum Gasteiger partial charge on any atom is 0.166 e. The Bertz CT molecular complexity index is 592. The van der Waals surface area contributed by atoms with Crippen LogP contribution in [0.4, 0.5) is 4.39 Å². The summed E-state index contributed by atoms with van der Waals surface area (Å²) in [6, 6.07) is 12.4. The predicted octanol–water partition coefficient (Wildman–Crippen LogP) is 3.89. The molecule has 2 aromatic rings. The molecule has 0 aliphatic rings. The summed E-state index contributed by atoms with van der Waals surface area (Å²) in [4.78, 5) is 0. The highest BCUT2D eigenvalue weighted by atomic mass is 79.9. The van der Waals surface area contributed by atoms with Gasteiger partial charge in [-0.15, -0.1) is 0 Å². The van der Waals surface area contributed by atoms with Crippen LogP contribution in [0, 0.1) is 5.82 Å². The van der Waals surface area contributed by atoms with E-state index < -0.39 is 0 Å². The third-order valence-electron chi connectivity index (χ3n) is 2.84. The summed E-state index contributed by atoms with van der Waals surface area (Å²) < 4.78 is 25.2. The van der Waals surface area contributed by atoms with Crippen LogP contribution < -0.4 is 15.2 Å². The maximum atomic E-state index is 13.5. The van der Waals surface area contributed by atoms with E-state index in [4.69, 9.17) is 15.2 Å². The number of rotatable bonds is 7. The molecule has 0 saturated carbocycles. The lowest BCUT2D eigenvalue weighted by Crippen LogP contribution is -2.06. The second kappa shape index (κ2) is 8.00. The number of hydrogen-bond donors (Lipinski definition) is 1. The fourth-order valence-corrected chi connectivity index (χ4v) is 2.12. The Labute approximate surface area is 132 Å². The van der Waals surface area contributed by atoms with Crippen molar-refractivity contribution in [1.82, 2.24) is 0 Å². The molecule has 2 N–H and O–H groups in total. The van der Waals surface area contributed by atoms with Crippen LogP contribution in [0.1, 0.15) is 12.0 Å². The Morgan fingerprint density at radius 1 is 1.05 bits per heavy atom. The largest absolute Gasteiger partial charge is 0.493 e. The molecule has 5 heteroatoms. The molecule has 0 fully saturated rings. The van der Waals surface area contributed by atoms with Gasteiger partial charge in [-0.05, 0) is 35.9 Å². The van der Waals surface area contributed by atoms with Crippen molar-refractivity contribution in [2.75, 3.05) is 13.2 Å². The van der Waals surface area contributed by atoms with E-state index in [2.05, 4.69) is 15.9 Å². The first kappa shape index (κ1) is 15.8. The molecule has 0 atom stereocenters. The fourth-order valence-electron chi connectivity index (χ4n) is 1.79. The van der Waals surface area contributed by atoms with Crippen LogP contribution in [0.25, 0.3) is 0 Å². The van der Waals surface area contributed by atoms with Gasteiger partial charge >= 0.3 is 0 Å². The molecular weight excluding hydrogens is 337 g/mol. The zero-order chi connectivity index (χ0) is 15.1. The van der Waals surface area contributed by atoms with Crippen molar-refractivity contribution in [3.63, 3.8) is 0 Å². The van der Waals surface area contributed by atoms with Gasteiger partial charge in [-0.25, -0.2) is 4.39 Å². The number of halogens is 2. The van der Waals surface area contributed by atoms with Crippen LogP contribution in [0.5, 0.6) is 11.5 Å². The van der Waals surface area contributed by atoms with Crippen molar-refractivity contribution in [2.24, 2.45) is 5.73 Å². The van der Waals surface area contributed by atoms with E-state index in [1.807, 2.05) is 24.3 Å². The topological polar surface area (TPSA) is 44.5 Å². The molecule has 0 aliphatic carbocycles. The molecule has 0 aliphatic heterocycles. The minimum atomic E-state index is -0.374. The molecule has 0 saturated heterocycles. The van der Waals surface area contributed by atoms with E-state index in [0.29, 0.717) is 30.7 Å². The Hall–Kier alpha value is -1.59. The zero-order valence-electron chi connectivity index (χ0n) is 11.5. The van der Waals surface area contributed by atoms with Crippen LogP contribution in [0.2, 0.25) is 0 Å². The van der Waals surface area contributed by atoms with Crippen molar-refractivity contribution < 1.29 is 13.9 Å². The van der Waals surface area contributed by atoms with Crippen LogP contribution in [0.15, 0.2) is 46.9 Å². The standard InChI is InChI=1S/C16H17BrFNO2/c17-13-5-6-16(15(18)10-13)21-8-2-7-20-14-4-1-3-12(9-14)11-19/h1,3-6,9-10H,2,7-8,11,19H2. The van der Waals surface area contributed by atoms with E-state index in [1.54, 1.807) is 12.1 Å². The fraction of sp³-hybridized carbons (Fsp3) is 0.250. The molecule has 0 radical (unpaired) electrons. The second-order valence-electron chi connectivity index (χ2n) is 4.48. The summed E-state index contributed by atoms with van der Waals surface area (Å²) >= 11 is 3.20. The van der Waals surface area contributed by atoms with Gasteiger partial charge in [-0.3, -0.25) is 0 Å². The lowest BCUT2D eigenvalue weighted by Gasteiger charge is -2.09. The van der Waals surface area contributed by atoms with Gasteiger partial charge in [0, 0.05) is 17.4 Å². The number of hydrogen-bond acceptors (Lipinski definition) is 3. The summed E-state index contributed by atoms with van der Waals surface area (Å²) in [6.45, 7) is 1.39. The van der Waals surface area contributed by atoms with Gasteiger partial charge in [0.15, 0.2) is 11.6 Å². The van der Waals surface area contributed by atoms with E-state index in [9.17, 15) is 4.39 Å². The van der Waals surface area contributed by atoms with Crippen molar-refractivity contribution in [2.45, 2.75) is 13.0 Å². The minimum Gasteiger partial charge on any atom is -0.493 e. The van der Waals surface area contributed by atoms with Gasteiger partial charge in [0.05, 0.1) is 13.2 Å². The molecule has 2 rings (SSSR count). The highest BCUT2D eigenvalue weighted by molar-refractivity contribution is 9.10. The smallest absolute Gasteiger partial charge is 0.166 e. The van der Waals surface area contributed by atoms with Crippen LogP contribution in [-0.4, -0.2) is 13.2 Å². The Morgan fingerprint density at radius 2 is 1.86 bits per heavy atom. The molecule has 0 spiro atoms. The second-order valence-corrected chi connectivity index (χ2v) is 5.39. The summed E-state index contributed by atoms with van der Waals surface area (Å²) in [5.41, 5.74) is 6.60. The van der Waals surface area contributed by atoms with Crippen molar-refractivity contribution in [3.05, 3.63) is 58.3 Å². The zero-order valence-corrected chi connectivity index (χ0v) is 13.1.